The summed E-state index contributed by atoms with van der Waals surface area (Å²) in [4.78, 5) is 46.6. The zero-order chi connectivity index (χ0) is 27.5. The van der Waals surface area contributed by atoms with Gasteiger partial charge in [0.25, 0.3) is 11.5 Å². The first kappa shape index (κ1) is 25.5. The van der Waals surface area contributed by atoms with E-state index in [9.17, 15) is 18.8 Å². The molecule has 0 atom stereocenters. The van der Waals surface area contributed by atoms with E-state index in [0.29, 0.717) is 39.3 Å². The molecule has 5 aromatic rings. The van der Waals surface area contributed by atoms with E-state index in [2.05, 4.69) is 15.3 Å². The Kier molecular flexibility index (Phi) is 6.96. The summed E-state index contributed by atoms with van der Waals surface area (Å²) in [6, 6.07) is 19.0. The van der Waals surface area contributed by atoms with E-state index in [-0.39, 0.29) is 29.4 Å². The number of aryl methyl sites for hydroxylation is 1. The molecule has 0 spiro atoms. The summed E-state index contributed by atoms with van der Waals surface area (Å²) in [5.74, 6) is -0.0483. The Balaban J connectivity index is 1.36. The number of Topliss-reactive ketones (excluding diaryl/α,β-unsaturated/α-hetero) is 1. The third kappa shape index (κ3) is 5.28. The van der Waals surface area contributed by atoms with Gasteiger partial charge in [-0.15, -0.1) is 0 Å². The highest BCUT2D eigenvalue weighted by Gasteiger charge is 2.16. The Morgan fingerprint density at radius 1 is 0.974 bits per heavy atom. The van der Waals surface area contributed by atoms with Gasteiger partial charge in [0.05, 0.1) is 17.3 Å². The van der Waals surface area contributed by atoms with E-state index in [4.69, 9.17) is 4.74 Å². The number of hydrogen-bond acceptors (Lipinski definition) is 6. The van der Waals surface area contributed by atoms with E-state index < -0.39 is 11.4 Å². The molecular weight excluding hydrogens is 499 g/mol. The second kappa shape index (κ2) is 10.7. The quantitative estimate of drug-likeness (QED) is 0.308. The average Bonchev–Trinajstić information content (AvgIpc) is 2.94. The Morgan fingerprint density at radius 2 is 1.72 bits per heavy atom. The molecule has 39 heavy (non-hydrogen) atoms. The highest BCUT2D eigenvalue weighted by molar-refractivity contribution is 5.98. The molecule has 0 bridgehead atoms. The topological polar surface area (TPSA) is 103 Å². The van der Waals surface area contributed by atoms with Gasteiger partial charge < -0.3 is 10.1 Å². The molecule has 1 N–H and O–H groups in total. The maximum Gasteiger partial charge on any atom is 0.269 e. The van der Waals surface area contributed by atoms with E-state index in [1.807, 2.05) is 0 Å². The summed E-state index contributed by atoms with van der Waals surface area (Å²) in [5, 5.41) is 3.17. The van der Waals surface area contributed by atoms with Crippen LogP contribution in [-0.2, 0) is 6.42 Å². The van der Waals surface area contributed by atoms with Crippen LogP contribution >= 0.6 is 0 Å². The lowest BCUT2D eigenvalue weighted by Crippen LogP contribution is -2.27. The second-order valence-corrected chi connectivity index (χ2v) is 8.83. The fourth-order valence-corrected chi connectivity index (χ4v) is 4.20. The summed E-state index contributed by atoms with van der Waals surface area (Å²) in [6.07, 6.45) is 3.12. The summed E-state index contributed by atoms with van der Waals surface area (Å²) in [5.41, 5.74) is 2.23. The van der Waals surface area contributed by atoms with Gasteiger partial charge in [-0.25, -0.2) is 9.37 Å². The minimum atomic E-state index is -0.457. The first-order valence-electron chi connectivity index (χ1n) is 12.1. The maximum atomic E-state index is 13.4. The standard InChI is InChI=1S/C30H23FN4O4/c1-18-3-12-23(30(38)35(18)21-8-6-20(31)7-9-21)27(36)15-19-4-10-22(11-5-19)39-28-13-14-33-26-17-34-25(16-24(26)28)29(37)32-2/h3-14,16-17H,15H2,1-2H3,(H,32,37). The number of hydrogen-bond donors (Lipinski definition) is 1. The van der Waals surface area contributed by atoms with Crippen LogP contribution in [0.15, 0.2) is 90.0 Å². The van der Waals surface area contributed by atoms with Crippen molar-refractivity contribution >= 4 is 22.6 Å². The molecule has 0 radical (unpaired) electrons. The molecule has 0 saturated carbocycles. The second-order valence-electron chi connectivity index (χ2n) is 8.83. The summed E-state index contributed by atoms with van der Waals surface area (Å²) in [7, 11) is 1.53. The largest absolute Gasteiger partial charge is 0.457 e. The minimum Gasteiger partial charge on any atom is -0.457 e. The van der Waals surface area contributed by atoms with Gasteiger partial charge in [0.1, 0.15) is 23.0 Å². The highest BCUT2D eigenvalue weighted by Crippen LogP contribution is 2.29. The molecule has 5 rings (SSSR count). The summed E-state index contributed by atoms with van der Waals surface area (Å²) < 4.78 is 20.8. The van der Waals surface area contributed by atoms with Gasteiger partial charge in [0, 0.05) is 36.4 Å². The van der Waals surface area contributed by atoms with E-state index in [1.165, 1.54) is 48.1 Å². The van der Waals surface area contributed by atoms with Gasteiger partial charge in [0.15, 0.2) is 5.78 Å². The van der Waals surface area contributed by atoms with Crippen molar-refractivity contribution < 1.29 is 18.7 Å². The monoisotopic (exact) mass is 522 g/mol. The molecule has 0 aliphatic carbocycles. The molecule has 8 nitrogen and oxygen atoms in total. The molecular formula is C30H23FN4O4. The Labute approximate surface area is 222 Å². The lowest BCUT2D eigenvalue weighted by atomic mass is 10.0. The lowest BCUT2D eigenvalue weighted by molar-refractivity contribution is 0.0956. The van der Waals surface area contributed by atoms with Crippen LogP contribution in [0, 0.1) is 12.7 Å². The number of ketones is 1. The minimum absolute atomic E-state index is 0.0152. The van der Waals surface area contributed by atoms with Crippen LogP contribution in [0.4, 0.5) is 4.39 Å². The number of benzene rings is 2. The van der Waals surface area contributed by atoms with E-state index in [1.54, 1.807) is 55.6 Å². The summed E-state index contributed by atoms with van der Waals surface area (Å²) in [6.45, 7) is 1.75. The Bertz CT molecular complexity index is 1760. The predicted octanol–water partition coefficient (Wildman–Crippen LogP) is 4.81. The zero-order valence-electron chi connectivity index (χ0n) is 21.1. The first-order valence-corrected chi connectivity index (χ1v) is 12.1. The third-order valence-electron chi connectivity index (χ3n) is 6.23. The number of amides is 1. The Morgan fingerprint density at radius 3 is 2.44 bits per heavy atom. The van der Waals surface area contributed by atoms with Crippen molar-refractivity contribution in [2.24, 2.45) is 0 Å². The molecule has 3 heterocycles. The van der Waals surface area contributed by atoms with Crippen molar-refractivity contribution in [1.82, 2.24) is 19.9 Å². The van der Waals surface area contributed by atoms with Crippen molar-refractivity contribution in [2.75, 3.05) is 7.05 Å². The number of carbonyl (C=O) groups is 2. The first-order chi connectivity index (χ1) is 18.8. The normalized spacial score (nSPS) is 10.8. The molecule has 0 fully saturated rings. The fraction of sp³-hybridized carbons (Fsp3) is 0.100. The van der Waals surface area contributed by atoms with Gasteiger partial charge in [-0.05, 0) is 73.2 Å². The third-order valence-corrected chi connectivity index (χ3v) is 6.23. The van der Waals surface area contributed by atoms with Crippen LogP contribution in [0.25, 0.3) is 16.6 Å². The fourth-order valence-electron chi connectivity index (χ4n) is 4.20. The molecule has 0 aliphatic heterocycles. The van der Waals surface area contributed by atoms with Crippen LogP contribution in [0.3, 0.4) is 0 Å². The number of carbonyl (C=O) groups excluding carboxylic acids is 2. The zero-order valence-corrected chi connectivity index (χ0v) is 21.1. The van der Waals surface area contributed by atoms with Crippen LogP contribution in [0.1, 0.15) is 32.1 Å². The van der Waals surface area contributed by atoms with E-state index in [0.717, 1.165) is 0 Å². The van der Waals surface area contributed by atoms with Crippen LogP contribution in [-0.4, -0.2) is 33.3 Å². The predicted molar refractivity (Wildman–Crippen MR) is 144 cm³/mol. The number of aromatic nitrogens is 3. The summed E-state index contributed by atoms with van der Waals surface area (Å²) >= 11 is 0. The van der Waals surface area contributed by atoms with Gasteiger partial charge in [-0.1, -0.05) is 12.1 Å². The number of fused-ring (bicyclic) bond motifs is 1. The molecule has 3 aromatic heterocycles. The molecule has 194 valence electrons. The molecule has 0 unspecified atom stereocenters. The molecule has 1 amide bonds. The molecule has 0 aliphatic rings. The van der Waals surface area contributed by atoms with Crippen LogP contribution in [0.5, 0.6) is 11.5 Å². The van der Waals surface area contributed by atoms with Crippen molar-refractivity contribution in [2.45, 2.75) is 13.3 Å². The number of pyridine rings is 3. The maximum absolute atomic E-state index is 13.4. The number of halogens is 1. The molecule has 9 heteroatoms. The number of nitrogens with zero attached hydrogens (tertiary/aromatic N) is 3. The highest BCUT2D eigenvalue weighted by atomic mass is 19.1. The SMILES string of the molecule is CNC(=O)c1cc2c(Oc3ccc(CC(=O)c4ccc(C)n(-c5ccc(F)cc5)c4=O)cc3)ccnc2cn1. The number of nitrogens with one attached hydrogen (secondary N) is 1. The van der Waals surface area contributed by atoms with E-state index >= 15 is 0 Å². The molecule has 0 saturated heterocycles. The molecule has 2 aromatic carbocycles. The van der Waals surface area contributed by atoms with Crippen molar-refractivity contribution in [1.29, 1.82) is 0 Å². The van der Waals surface area contributed by atoms with Crippen LogP contribution < -0.4 is 15.6 Å². The van der Waals surface area contributed by atoms with Crippen molar-refractivity contribution in [3.8, 4) is 17.2 Å². The number of ether oxygens (including phenoxy) is 1. The number of rotatable bonds is 7. The van der Waals surface area contributed by atoms with Gasteiger partial charge in [-0.3, -0.25) is 23.9 Å². The van der Waals surface area contributed by atoms with Gasteiger partial charge in [-0.2, -0.15) is 0 Å². The van der Waals surface area contributed by atoms with Crippen molar-refractivity contribution in [3.63, 3.8) is 0 Å². The Hall–Kier alpha value is -5.18. The smallest absolute Gasteiger partial charge is 0.269 e. The van der Waals surface area contributed by atoms with Crippen molar-refractivity contribution in [3.05, 3.63) is 124 Å². The lowest BCUT2D eigenvalue weighted by Gasteiger charge is -2.12. The van der Waals surface area contributed by atoms with Gasteiger partial charge >= 0.3 is 0 Å². The van der Waals surface area contributed by atoms with Crippen LogP contribution in [0.2, 0.25) is 0 Å². The average molecular weight is 523 g/mol. The van der Waals surface area contributed by atoms with Gasteiger partial charge in [0.2, 0.25) is 0 Å².